The second-order valence-electron chi connectivity index (χ2n) is 7.62. The average molecular weight is 389 g/mol. The van der Waals surface area contributed by atoms with Crippen LogP contribution in [0.1, 0.15) is 30.1 Å². The van der Waals surface area contributed by atoms with Crippen LogP contribution in [0.5, 0.6) is 5.75 Å². The summed E-state index contributed by atoms with van der Waals surface area (Å²) in [5.41, 5.74) is 3.30. The number of hydrogen-bond donors (Lipinski definition) is 0. The summed E-state index contributed by atoms with van der Waals surface area (Å²) in [6, 6.07) is 16.3. The highest BCUT2D eigenvalue weighted by Gasteiger charge is 2.33. The molecule has 5 heteroatoms. The third-order valence-electron chi connectivity index (χ3n) is 5.40. The summed E-state index contributed by atoms with van der Waals surface area (Å²) in [4.78, 5) is 19.1. The van der Waals surface area contributed by atoms with E-state index >= 15 is 0 Å². The topological polar surface area (TPSA) is 47.4 Å². The van der Waals surface area contributed by atoms with Crippen LogP contribution in [0.3, 0.4) is 0 Å². The van der Waals surface area contributed by atoms with E-state index in [2.05, 4.69) is 36.3 Å². The van der Waals surface area contributed by atoms with Crippen LogP contribution in [0.25, 0.3) is 11.0 Å². The molecule has 0 radical (unpaired) electrons. The van der Waals surface area contributed by atoms with Crippen LogP contribution >= 0.6 is 0 Å². The molecule has 29 heavy (non-hydrogen) atoms. The molecule has 0 saturated carbocycles. The lowest BCUT2D eigenvalue weighted by atomic mass is 10.1. The predicted molar refractivity (Wildman–Crippen MR) is 115 cm³/mol. The number of benzene rings is 2. The van der Waals surface area contributed by atoms with Crippen LogP contribution < -0.4 is 4.74 Å². The van der Waals surface area contributed by atoms with Gasteiger partial charge in [0.25, 0.3) is 0 Å². The predicted octanol–water partition coefficient (Wildman–Crippen LogP) is 4.32. The number of carbonyl (C=O) groups is 1. The number of nitrogens with zero attached hydrogens (tertiary/aromatic N) is 3. The molecule has 1 aliphatic heterocycles. The molecule has 0 aliphatic carbocycles. The molecule has 1 atom stereocenters. The van der Waals surface area contributed by atoms with Gasteiger partial charge in [-0.1, -0.05) is 30.3 Å². The summed E-state index contributed by atoms with van der Waals surface area (Å²) >= 11 is 0. The summed E-state index contributed by atoms with van der Waals surface area (Å²) < 4.78 is 8.19. The summed E-state index contributed by atoms with van der Waals surface area (Å²) in [7, 11) is 0. The van der Waals surface area contributed by atoms with Crippen LogP contribution in [0.15, 0.2) is 61.2 Å². The van der Waals surface area contributed by atoms with Gasteiger partial charge in [0, 0.05) is 32.0 Å². The van der Waals surface area contributed by atoms with Crippen molar-refractivity contribution < 1.29 is 9.53 Å². The third-order valence-corrected chi connectivity index (χ3v) is 5.40. The minimum absolute atomic E-state index is 0.118. The van der Waals surface area contributed by atoms with E-state index in [-0.39, 0.29) is 11.8 Å². The maximum atomic E-state index is 12.3. The second-order valence-corrected chi connectivity index (χ2v) is 7.62. The highest BCUT2D eigenvalue weighted by molar-refractivity contribution is 5.81. The molecule has 0 bridgehead atoms. The summed E-state index contributed by atoms with van der Waals surface area (Å²) in [6.45, 7) is 8.58. The van der Waals surface area contributed by atoms with Crippen LogP contribution in [-0.4, -0.2) is 40.1 Å². The van der Waals surface area contributed by atoms with Crippen molar-refractivity contribution in [2.24, 2.45) is 0 Å². The van der Waals surface area contributed by atoms with Crippen molar-refractivity contribution >= 4 is 16.9 Å². The fraction of sp³-hybridized carbons (Fsp3) is 0.333. The molecule has 3 aromatic rings. The van der Waals surface area contributed by atoms with Gasteiger partial charge in [-0.15, -0.1) is 6.58 Å². The zero-order valence-corrected chi connectivity index (χ0v) is 16.9. The number of aryl methyl sites for hydroxylation is 2. The van der Waals surface area contributed by atoms with Gasteiger partial charge in [0.15, 0.2) is 0 Å². The third kappa shape index (κ3) is 4.19. The SMILES string of the molecule is C=CCN1CC(c2nc3ccccc3n2CCCOc2cccc(C)c2)CC1=O. The molecule has 2 heterocycles. The average Bonchev–Trinajstić information content (AvgIpc) is 3.26. The zero-order chi connectivity index (χ0) is 20.2. The van der Waals surface area contributed by atoms with E-state index in [1.807, 2.05) is 35.2 Å². The van der Waals surface area contributed by atoms with Gasteiger partial charge in [0.05, 0.1) is 17.6 Å². The van der Waals surface area contributed by atoms with Gasteiger partial charge in [-0.05, 0) is 43.2 Å². The van der Waals surface area contributed by atoms with Crippen molar-refractivity contribution in [1.82, 2.24) is 14.5 Å². The van der Waals surface area contributed by atoms with Crippen LogP contribution in [0, 0.1) is 6.92 Å². The number of ether oxygens (including phenoxy) is 1. The quantitative estimate of drug-likeness (QED) is 0.426. The van der Waals surface area contributed by atoms with E-state index in [4.69, 9.17) is 9.72 Å². The maximum Gasteiger partial charge on any atom is 0.223 e. The van der Waals surface area contributed by atoms with Crippen molar-refractivity contribution in [3.8, 4) is 5.75 Å². The molecule has 1 aromatic heterocycles. The van der Waals surface area contributed by atoms with E-state index in [0.29, 0.717) is 26.1 Å². The number of rotatable bonds is 8. The first-order valence-corrected chi connectivity index (χ1v) is 10.2. The molecular formula is C24H27N3O2. The minimum atomic E-state index is 0.118. The van der Waals surface area contributed by atoms with E-state index in [0.717, 1.165) is 35.6 Å². The number of aromatic nitrogens is 2. The Balaban J connectivity index is 1.50. The molecule has 1 amide bonds. The highest BCUT2D eigenvalue weighted by atomic mass is 16.5. The largest absolute Gasteiger partial charge is 0.494 e. The Morgan fingerprint density at radius 2 is 2.10 bits per heavy atom. The first-order chi connectivity index (χ1) is 14.2. The lowest BCUT2D eigenvalue weighted by Gasteiger charge is -2.16. The monoisotopic (exact) mass is 389 g/mol. The second kappa shape index (κ2) is 8.52. The molecule has 0 spiro atoms. The number of para-hydroxylation sites is 2. The van der Waals surface area contributed by atoms with Gasteiger partial charge < -0.3 is 14.2 Å². The van der Waals surface area contributed by atoms with E-state index < -0.39 is 0 Å². The number of imidazole rings is 1. The van der Waals surface area contributed by atoms with Crippen molar-refractivity contribution in [2.45, 2.75) is 32.2 Å². The summed E-state index contributed by atoms with van der Waals surface area (Å²) in [5, 5.41) is 0. The molecule has 1 aliphatic rings. The maximum absolute atomic E-state index is 12.3. The summed E-state index contributed by atoms with van der Waals surface area (Å²) in [5.74, 6) is 2.20. The smallest absolute Gasteiger partial charge is 0.223 e. The lowest BCUT2D eigenvalue weighted by Crippen LogP contribution is -2.25. The Hall–Kier alpha value is -3.08. The standard InChI is InChI=1S/C24H27N3O2/c1-3-12-26-17-19(16-23(26)28)24-25-21-10-4-5-11-22(21)27(24)13-7-14-29-20-9-6-8-18(2)15-20/h3-6,8-11,15,19H,1,7,12-14,16-17H2,2H3. The summed E-state index contributed by atoms with van der Waals surface area (Å²) in [6.07, 6.45) is 3.17. The fourth-order valence-electron chi connectivity index (χ4n) is 4.04. The van der Waals surface area contributed by atoms with Gasteiger partial charge in [-0.2, -0.15) is 0 Å². The van der Waals surface area contributed by atoms with Gasteiger partial charge >= 0.3 is 0 Å². The zero-order valence-electron chi connectivity index (χ0n) is 16.9. The molecular weight excluding hydrogens is 362 g/mol. The number of amides is 1. The molecule has 5 nitrogen and oxygen atoms in total. The van der Waals surface area contributed by atoms with E-state index in [9.17, 15) is 4.79 Å². The van der Waals surface area contributed by atoms with Crippen molar-refractivity contribution in [1.29, 1.82) is 0 Å². The first kappa shape index (κ1) is 19.2. The minimum Gasteiger partial charge on any atom is -0.494 e. The number of likely N-dealkylation sites (tertiary alicyclic amines) is 1. The van der Waals surface area contributed by atoms with Gasteiger partial charge in [0.2, 0.25) is 5.91 Å². The van der Waals surface area contributed by atoms with Crippen molar-refractivity contribution in [3.63, 3.8) is 0 Å². The van der Waals surface area contributed by atoms with Gasteiger partial charge in [0.1, 0.15) is 11.6 Å². The Kier molecular flexibility index (Phi) is 5.65. The van der Waals surface area contributed by atoms with E-state index in [1.165, 1.54) is 5.56 Å². The molecule has 150 valence electrons. The Morgan fingerprint density at radius 3 is 2.93 bits per heavy atom. The molecule has 1 fully saturated rings. The molecule has 1 saturated heterocycles. The van der Waals surface area contributed by atoms with Crippen LogP contribution in [0.4, 0.5) is 0 Å². The number of carbonyl (C=O) groups excluding carboxylic acids is 1. The Morgan fingerprint density at radius 1 is 1.24 bits per heavy atom. The molecule has 0 N–H and O–H groups in total. The van der Waals surface area contributed by atoms with Crippen LogP contribution in [0.2, 0.25) is 0 Å². The number of hydrogen-bond acceptors (Lipinski definition) is 3. The van der Waals surface area contributed by atoms with Gasteiger partial charge in [-0.3, -0.25) is 4.79 Å². The lowest BCUT2D eigenvalue weighted by molar-refractivity contribution is -0.127. The molecule has 1 unspecified atom stereocenters. The van der Waals surface area contributed by atoms with Crippen molar-refractivity contribution in [2.75, 3.05) is 19.7 Å². The van der Waals surface area contributed by atoms with E-state index in [1.54, 1.807) is 6.08 Å². The van der Waals surface area contributed by atoms with Crippen molar-refractivity contribution in [3.05, 3.63) is 72.6 Å². The Labute approximate surface area is 171 Å². The number of fused-ring (bicyclic) bond motifs is 1. The normalized spacial score (nSPS) is 16.5. The van der Waals surface area contributed by atoms with Gasteiger partial charge in [-0.25, -0.2) is 4.98 Å². The first-order valence-electron chi connectivity index (χ1n) is 10.2. The Bertz CT molecular complexity index is 1020. The fourth-order valence-corrected chi connectivity index (χ4v) is 4.04. The molecule has 2 aromatic carbocycles. The van der Waals surface area contributed by atoms with Crippen LogP contribution in [-0.2, 0) is 11.3 Å². The molecule has 4 rings (SSSR count). The highest BCUT2D eigenvalue weighted by Crippen LogP contribution is 2.30.